The predicted molar refractivity (Wildman–Crippen MR) is 66.3 cm³/mol. The van der Waals surface area contributed by atoms with Gasteiger partial charge in [0.05, 0.1) is 0 Å². The number of phenolic OH excluding ortho intramolecular Hbond substituents is 3. The van der Waals surface area contributed by atoms with Crippen molar-refractivity contribution in [3.05, 3.63) is 41.5 Å². The van der Waals surface area contributed by atoms with Gasteiger partial charge in [0.2, 0.25) is 0 Å². The average Bonchev–Trinajstić information content (AvgIpc) is 2.30. The monoisotopic (exact) mass is 230 g/mol. The van der Waals surface area contributed by atoms with E-state index in [-0.39, 0.29) is 17.2 Å². The van der Waals surface area contributed by atoms with Crippen LogP contribution in [0.1, 0.15) is 11.1 Å². The lowest BCUT2D eigenvalue weighted by molar-refractivity contribution is 0.404. The van der Waals surface area contributed by atoms with Crippen molar-refractivity contribution in [3.8, 4) is 28.4 Å². The van der Waals surface area contributed by atoms with E-state index in [4.69, 9.17) is 0 Å². The minimum atomic E-state index is -0.165. The smallest absolute Gasteiger partial charge is 0.158 e. The molecule has 3 heteroatoms. The first-order valence-corrected chi connectivity index (χ1v) is 5.32. The Morgan fingerprint density at radius 1 is 0.824 bits per heavy atom. The van der Waals surface area contributed by atoms with Gasteiger partial charge in [0.1, 0.15) is 5.75 Å². The van der Waals surface area contributed by atoms with E-state index < -0.39 is 0 Å². The molecule has 0 aliphatic carbocycles. The minimum absolute atomic E-state index is 0.150. The van der Waals surface area contributed by atoms with Crippen molar-refractivity contribution >= 4 is 0 Å². The van der Waals surface area contributed by atoms with Crippen molar-refractivity contribution in [2.24, 2.45) is 0 Å². The van der Waals surface area contributed by atoms with Crippen molar-refractivity contribution in [1.29, 1.82) is 0 Å². The SMILES string of the molecule is Cc1ccc(-c2ccc(O)c(O)c2)c(C)c1O. The average molecular weight is 230 g/mol. The predicted octanol–water partition coefficient (Wildman–Crippen LogP) is 3.09. The molecule has 2 aromatic rings. The maximum atomic E-state index is 9.86. The number of hydrogen-bond acceptors (Lipinski definition) is 3. The second kappa shape index (κ2) is 4.01. The van der Waals surface area contributed by atoms with Crippen LogP contribution in [-0.4, -0.2) is 15.3 Å². The zero-order chi connectivity index (χ0) is 12.6. The third kappa shape index (κ3) is 1.91. The molecule has 0 aromatic heterocycles. The Balaban J connectivity index is 2.61. The largest absolute Gasteiger partial charge is 0.507 e. The molecule has 0 amide bonds. The fourth-order valence-electron chi connectivity index (χ4n) is 1.84. The van der Waals surface area contributed by atoms with Crippen LogP contribution < -0.4 is 0 Å². The summed E-state index contributed by atoms with van der Waals surface area (Å²) in [5.41, 5.74) is 3.17. The highest BCUT2D eigenvalue weighted by molar-refractivity contribution is 5.72. The van der Waals surface area contributed by atoms with Gasteiger partial charge in [-0.25, -0.2) is 0 Å². The Hall–Kier alpha value is -2.16. The van der Waals surface area contributed by atoms with Crippen LogP contribution in [0.3, 0.4) is 0 Å². The van der Waals surface area contributed by atoms with Crippen molar-refractivity contribution in [2.45, 2.75) is 13.8 Å². The molecule has 0 bridgehead atoms. The molecular formula is C14H14O3. The van der Waals surface area contributed by atoms with E-state index in [2.05, 4.69) is 0 Å². The van der Waals surface area contributed by atoms with E-state index >= 15 is 0 Å². The summed E-state index contributed by atoms with van der Waals surface area (Å²) in [5, 5.41) is 28.6. The van der Waals surface area contributed by atoms with E-state index in [0.29, 0.717) is 0 Å². The molecule has 0 aliphatic rings. The molecule has 17 heavy (non-hydrogen) atoms. The Bertz CT molecular complexity index is 574. The van der Waals surface area contributed by atoms with Gasteiger partial charge in [-0.3, -0.25) is 0 Å². The van der Waals surface area contributed by atoms with Crippen molar-refractivity contribution in [3.63, 3.8) is 0 Å². The van der Waals surface area contributed by atoms with Gasteiger partial charge in [-0.15, -0.1) is 0 Å². The van der Waals surface area contributed by atoms with Gasteiger partial charge in [-0.2, -0.15) is 0 Å². The van der Waals surface area contributed by atoms with Gasteiger partial charge in [0.25, 0.3) is 0 Å². The van der Waals surface area contributed by atoms with Crippen LogP contribution in [0.5, 0.6) is 17.2 Å². The van der Waals surface area contributed by atoms with Crippen LogP contribution in [0, 0.1) is 13.8 Å². The van der Waals surface area contributed by atoms with Gasteiger partial charge in [0.15, 0.2) is 11.5 Å². The Morgan fingerprint density at radius 2 is 1.53 bits per heavy atom. The second-order valence-corrected chi connectivity index (χ2v) is 4.11. The molecule has 3 N–H and O–H groups in total. The highest BCUT2D eigenvalue weighted by atomic mass is 16.3. The van der Waals surface area contributed by atoms with Crippen molar-refractivity contribution < 1.29 is 15.3 Å². The molecule has 3 nitrogen and oxygen atoms in total. The van der Waals surface area contributed by atoms with E-state index in [1.165, 1.54) is 12.1 Å². The summed E-state index contributed by atoms with van der Waals surface area (Å²) in [6.07, 6.45) is 0. The van der Waals surface area contributed by atoms with Crippen molar-refractivity contribution in [1.82, 2.24) is 0 Å². The number of aromatic hydroxyl groups is 3. The second-order valence-electron chi connectivity index (χ2n) is 4.11. The lowest BCUT2D eigenvalue weighted by Gasteiger charge is -2.10. The summed E-state index contributed by atoms with van der Waals surface area (Å²) in [6, 6.07) is 8.32. The summed E-state index contributed by atoms with van der Waals surface area (Å²) in [4.78, 5) is 0. The van der Waals surface area contributed by atoms with Gasteiger partial charge in [0, 0.05) is 0 Å². The molecule has 0 heterocycles. The first-order chi connectivity index (χ1) is 8.00. The Morgan fingerprint density at radius 3 is 2.18 bits per heavy atom. The normalized spacial score (nSPS) is 10.5. The lowest BCUT2D eigenvalue weighted by Crippen LogP contribution is -1.86. The number of aryl methyl sites for hydroxylation is 1. The van der Waals surface area contributed by atoms with Crippen LogP contribution in [0.25, 0.3) is 11.1 Å². The number of hydrogen-bond donors (Lipinski definition) is 3. The first kappa shape index (κ1) is 11.3. The molecule has 0 unspecified atom stereocenters. The maximum absolute atomic E-state index is 9.86. The van der Waals surface area contributed by atoms with Crippen LogP contribution in [0.4, 0.5) is 0 Å². The molecular weight excluding hydrogens is 216 g/mol. The molecule has 0 saturated heterocycles. The molecule has 0 aliphatic heterocycles. The summed E-state index contributed by atoms with van der Waals surface area (Å²) >= 11 is 0. The van der Waals surface area contributed by atoms with Gasteiger partial charge >= 0.3 is 0 Å². The van der Waals surface area contributed by atoms with Gasteiger partial charge in [-0.1, -0.05) is 18.2 Å². The fraction of sp³-hybridized carbons (Fsp3) is 0.143. The third-order valence-corrected chi connectivity index (χ3v) is 2.92. The van der Waals surface area contributed by atoms with Crippen molar-refractivity contribution in [2.75, 3.05) is 0 Å². The highest BCUT2D eigenvalue weighted by Crippen LogP contribution is 2.35. The lowest BCUT2D eigenvalue weighted by atomic mass is 9.97. The van der Waals surface area contributed by atoms with E-state index in [1.54, 1.807) is 6.07 Å². The number of rotatable bonds is 1. The van der Waals surface area contributed by atoms with E-state index in [1.807, 2.05) is 26.0 Å². The molecule has 2 rings (SSSR count). The summed E-state index contributed by atoms with van der Waals surface area (Å²) in [7, 11) is 0. The molecule has 2 aromatic carbocycles. The first-order valence-electron chi connectivity index (χ1n) is 5.32. The molecule has 0 atom stereocenters. The quantitative estimate of drug-likeness (QED) is 0.660. The Kier molecular flexibility index (Phi) is 2.68. The summed E-state index contributed by atoms with van der Waals surface area (Å²) in [6.45, 7) is 3.65. The zero-order valence-corrected chi connectivity index (χ0v) is 9.73. The van der Waals surface area contributed by atoms with Crippen LogP contribution in [0.15, 0.2) is 30.3 Å². The topological polar surface area (TPSA) is 60.7 Å². The molecule has 0 fully saturated rings. The van der Waals surface area contributed by atoms with E-state index in [0.717, 1.165) is 22.3 Å². The molecule has 0 spiro atoms. The summed E-state index contributed by atoms with van der Waals surface area (Å²) < 4.78 is 0. The van der Waals surface area contributed by atoms with Gasteiger partial charge in [-0.05, 0) is 48.2 Å². The molecule has 0 radical (unpaired) electrons. The summed E-state index contributed by atoms with van der Waals surface area (Å²) in [5.74, 6) is -0.0558. The molecule has 88 valence electrons. The van der Waals surface area contributed by atoms with Crippen LogP contribution in [-0.2, 0) is 0 Å². The number of phenols is 3. The third-order valence-electron chi connectivity index (χ3n) is 2.92. The standard InChI is InChI=1S/C14H14O3/c1-8-3-5-11(9(2)14(8)17)10-4-6-12(15)13(16)7-10/h3-7,15-17H,1-2H3. The van der Waals surface area contributed by atoms with E-state index in [9.17, 15) is 15.3 Å². The number of benzene rings is 2. The Labute approximate surface area is 99.6 Å². The van der Waals surface area contributed by atoms with Gasteiger partial charge < -0.3 is 15.3 Å². The fourth-order valence-corrected chi connectivity index (χ4v) is 1.84. The maximum Gasteiger partial charge on any atom is 0.158 e. The van der Waals surface area contributed by atoms with Crippen LogP contribution >= 0.6 is 0 Å². The highest BCUT2D eigenvalue weighted by Gasteiger charge is 2.09. The minimum Gasteiger partial charge on any atom is -0.507 e. The molecule has 0 saturated carbocycles. The van der Waals surface area contributed by atoms with Crippen LogP contribution in [0.2, 0.25) is 0 Å². The zero-order valence-electron chi connectivity index (χ0n) is 9.73.